The summed E-state index contributed by atoms with van der Waals surface area (Å²) in [5.74, 6) is 1.61. The molecule has 128 valence electrons. The average molecular weight is 337 g/mol. The highest BCUT2D eigenvalue weighted by molar-refractivity contribution is 6.17. The minimum Gasteiger partial charge on any atom is -0.494 e. The summed E-state index contributed by atoms with van der Waals surface area (Å²) in [6.07, 6.45) is 6.37. The molecule has 1 aromatic carbocycles. The van der Waals surface area contributed by atoms with Crippen LogP contribution in [0.1, 0.15) is 37.7 Å². The van der Waals surface area contributed by atoms with Gasteiger partial charge in [0.15, 0.2) is 0 Å². The predicted octanol–water partition coefficient (Wildman–Crippen LogP) is 3.75. The summed E-state index contributed by atoms with van der Waals surface area (Å²) in [4.78, 5) is 5.32. The molecule has 1 aromatic rings. The number of halogens is 1. The van der Waals surface area contributed by atoms with E-state index in [4.69, 9.17) is 16.3 Å². The van der Waals surface area contributed by atoms with Crippen LogP contribution in [0.15, 0.2) is 24.3 Å². The van der Waals surface area contributed by atoms with E-state index in [0.717, 1.165) is 24.8 Å². The van der Waals surface area contributed by atoms with Gasteiger partial charge in [0, 0.05) is 25.0 Å². The molecule has 2 saturated heterocycles. The van der Waals surface area contributed by atoms with Gasteiger partial charge in [0.05, 0.1) is 6.61 Å². The maximum atomic E-state index is 5.68. The summed E-state index contributed by atoms with van der Waals surface area (Å²) in [6, 6.07) is 9.35. The molecule has 0 bridgehead atoms. The van der Waals surface area contributed by atoms with E-state index in [9.17, 15) is 0 Å². The Kier molecular flexibility index (Phi) is 6.61. The van der Waals surface area contributed by atoms with Gasteiger partial charge in [0.25, 0.3) is 0 Å². The van der Waals surface area contributed by atoms with Crippen molar-refractivity contribution in [2.24, 2.45) is 0 Å². The molecule has 0 aliphatic carbocycles. The maximum absolute atomic E-state index is 5.68. The van der Waals surface area contributed by atoms with Crippen molar-refractivity contribution in [1.82, 2.24) is 9.80 Å². The minimum atomic E-state index is 0.658. The van der Waals surface area contributed by atoms with Crippen molar-refractivity contribution in [3.05, 3.63) is 29.8 Å². The number of rotatable bonds is 8. The van der Waals surface area contributed by atoms with Crippen LogP contribution in [-0.4, -0.2) is 54.5 Å². The highest BCUT2D eigenvalue weighted by Crippen LogP contribution is 2.23. The van der Waals surface area contributed by atoms with Crippen LogP contribution in [0.4, 0.5) is 0 Å². The highest BCUT2D eigenvalue weighted by Gasteiger charge is 2.27. The van der Waals surface area contributed by atoms with Crippen LogP contribution < -0.4 is 4.74 Å². The van der Waals surface area contributed by atoms with Gasteiger partial charge in [-0.05, 0) is 69.4 Å². The van der Waals surface area contributed by atoms with Crippen molar-refractivity contribution in [2.45, 2.75) is 44.7 Å². The van der Waals surface area contributed by atoms with Crippen molar-refractivity contribution >= 4 is 11.6 Å². The van der Waals surface area contributed by atoms with Crippen LogP contribution >= 0.6 is 11.6 Å². The molecular formula is C19H29ClN2O. The fourth-order valence-corrected chi connectivity index (χ4v) is 3.85. The van der Waals surface area contributed by atoms with Crippen LogP contribution in [0.25, 0.3) is 0 Å². The molecule has 0 amide bonds. The Bertz CT molecular complexity index is 459. The molecule has 0 spiro atoms. The predicted molar refractivity (Wildman–Crippen MR) is 96.4 cm³/mol. The Morgan fingerprint density at radius 3 is 2.57 bits per heavy atom. The lowest BCUT2D eigenvalue weighted by Crippen LogP contribution is -2.38. The zero-order valence-electron chi connectivity index (χ0n) is 14.1. The lowest BCUT2D eigenvalue weighted by Gasteiger charge is -2.28. The van der Waals surface area contributed by atoms with Gasteiger partial charge >= 0.3 is 0 Å². The number of hydrogen-bond donors (Lipinski definition) is 0. The van der Waals surface area contributed by atoms with E-state index in [-0.39, 0.29) is 0 Å². The van der Waals surface area contributed by atoms with Crippen molar-refractivity contribution < 1.29 is 4.74 Å². The molecule has 2 fully saturated rings. The summed E-state index contributed by atoms with van der Waals surface area (Å²) in [7, 11) is 0. The molecule has 0 N–H and O–H groups in total. The lowest BCUT2D eigenvalue weighted by atomic mass is 10.1. The Morgan fingerprint density at radius 2 is 1.83 bits per heavy atom. The SMILES string of the molecule is ClCCCOc1ccc(CN2CCC[C@@H]2CN2CCCC2)cc1. The maximum Gasteiger partial charge on any atom is 0.119 e. The Balaban J connectivity index is 1.49. The molecule has 2 heterocycles. The third-order valence-electron chi connectivity index (χ3n) is 5.02. The molecule has 3 rings (SSSR count). The standard InChI is InChI=1S/C19H29ClN2O/c20-10-4-14-23-19-8-6-17(7-9-19)15-22-13-3-5-18(22)16-21-11-1-2-12-21/h6-9,18H,1-5,10-16H2/t18-/m1/s1. The molecule has 0 unspecified atom stereocenters. The van der Waals surface area contributed by atoms with Gasteiger partial charge in [-0.1, -0.05) is 12.1 Å². The number of ether oxygens (including phenoxy) is 1. The van der Waals surface area contributed by atoms with E-state index in [1.54, 1.807) is 0 Å². The minimum absolute atomic E-state index is 0.658. The molecule has 2 aliphatic rings. The first-order chi connectivity index (χ1) is 11.3. The number of alkyl halides is 1. The summed E-state index contributed by atoms with van der Waals surface area (Å²) in [5, 5.41) is 0. The van der Waals surface area contributed by atoms with E-state index in [0.29, 0.717) is 12.5 Å². The van der Waals surface area contributed by atoms with E-state index in [1.807, 2.05) is 0 Å². The Morgan fingerprint density at radius 1 is 1.04 bits per heavy atom. The molecular weight excluding hydrogens is 308 g/mol. The van der Waals surface area contributed by atoms with Crippen molar-refractivity contribution in [3.8, 4) is 5.75 Å². The second kappa shape index (κ2) is 8.91. The molecule has 0 radical (unpaired) electrons. The van der Waals surface area contributed by atoms with Gasteiger partial charge in [0.1, 0.15) is 5.75 Å². The first kappa shape index (κ1) is 17.1. The fourth-order valence-electron chi connectivity index (χ4n) is 3.74. The Labute approximate surface area is 145 Å². The first-order valence-corrected chi connectivity index (χ1v) is 9.63. The number of benzene rings is 1. The van der Waals surface area contributed by atoms with Gasteiger partial charge in [-0.2, -0.15) is 0 Å². The van der Waals surface area contributed by atoms with Crippen LogP contribution in [0, 0.1) is 0 Å². The lowest BCUT2D eigenvalue weighted by molar-refractivity contribution is 0.185. The smallest absolute Gasteiger partial charge is 0.119 e. The van der Waals surface area contributed by atoms with Gasteiger partial charge in [0.2, 0.25) is 0 Å². The van der Waals surface area contributed by atoms with Crippen LogP contribution in [0.2, 0.25) is 0 Å². The third kappa shape index (κ3) is 5.10. The number of hydrogen-bond acceptors (Lipinski definition) is 3. The molecule has 0 saturated carbocycles. The molecule has 23 heavy (non-hydrogen) atoms. The average Bonchev–Trinajstić information content (AvgIpc) is 3.22. The van der Waals surface area contributed by atoms with Gasteiger partial charge < -0.3 is 9.64 Å². The zero-order chi connectivity index (χ0) is 15.9. The molecule has 2 aliphatic heterocycles. The molecule has 4 heteroatoms. The van der Waals surface area contributed by atoms with Crippen molar-refractivity contribution in [1.29, 1.82) is 0 Å². The summed E-state index contributed by atoms with van der Waals surface area (Å²) in [6.45, 7) is 6.89. The monoisotopic (exact) mass is 336 g/mol. The largest absolute Gasteiger partial charge is 0.494 e. The summed E-state index contributed by atoms with van der Waals surface area (Å²) >= 11 is 5.67. The van der Waals surface area contributed by atoms with Gasteiger partial charge in [-0.25, -0.2) is 0 Å². The first-order valence-electron chi connectivity index (χ1n) is 9.09. The van der Waals surface area contributed by atoms with Gasteiger partial charge in [-0.3, -0.25) is 4.90 Å². The zero-order valence-corrected chi connectivity index (χ0v) is 14.8. The van der Waals surface area contributed by atoms with Gasteiger partial charge in [-0.15, -0.1) is 11.6 Å². The van der Waals surface area contributed by atoms with E-state index in [1.165, 1.54) is 57.4 Å². The van der Waals surface area contributed by atoms with Crippen LogP contribution in [0.3, 0.4) is 0 Å². The molecule has 3 nitrogen and oxygen atoms in total. The summed E-state index contributed by atoms with van der Waals surface area (Å²) in [5.41, 5.74) is 1.39. The molecule has 0 aromatic heterocycles. The molecule has 1 atom stereocenters. The van der Waals surface area contributed by atoms with Crippen molar-refractivity contribution in [2.75, 3.05) is 38.7 Å². The number of likely N-dealkylation sites (tertiary alicyclic amines) is 2. The van der Waals surface area contributed by atoms with E-state index < -0.39 is 0 Å². The fraction of sp³-hybridized carbons (Fsp3) is 0.684. The normalized spacial score (nSPS) is 22.7. The highest BCUT2D eigenvalue weighted by atomic mass is 35.5. The van der Waals surface area contributed by atoms with Crippen LogP contribution in [-0.2, 0) is 6.54 Å². The summed E-state index contributed by atoms with van der Waals surface area (Å²) < 4.78 is 5.68. The second-order valence-corrected chi connectivity index (χ2v) is 7.19. The Hall–Kier alpha value is -0.770. The van der Waals surface area contributed by atoms with E-state index >= 15 is 0 Å². The number of nitrogens with zero attached hydrogens (tertiary/aromatic N) is 2. The second-order valence-electron chi connectivity index (χ2n) is 6.81. The van der Waals surface area contributed by atoms with Crippen LogP contribution in [0.5, 0.6) is 5.75 Å². The topological polar surface area (TPSA) is 15.7 Å². The third-order valence-corrected chi connectivity index (χ3v) is 5.29. The van der Waals surface area contributed by atoms with Crippen molar-refractivity contribution in [3.63, 3.8) is 0 Å². The van der Waals surface area contributed by atoms with E-state index in [2.05, 4.69) is 34.1 Å². The quantitative estimate of drug-likeness (QED) is 0.531.